The van der Waals surface area contributed by atoms with E-state index >= 15 is 0 Å². The minimum atomic E-state index is -0.210. The summed E-state index contributed by atoms with van der Waals surface area (Å²) in [5.41, 5.74) is 2.70. The van der Waals surface area contributed by atoms with Crippen LogP contribution in [0.1, 0.15) is 32.3 Å². The Bertz CT molecular complexity index is 982. The first-order valence-corrected chi connectivity index (χ1v) is 11.0. The standard InChI is InChI=1S/C21H22Cl2N4OS/c1-4-27-20(15-10-8-14(9-11-15)13(2)3)25-26-21(27)29-12-18(28)24-19-16(22)6-5-7-17(19)23/h5-11,13H,4,12H2,1-3H3,(H,24,28). The van der Waals surface area contributed by atoms with Crippen LogP contribution >= 0.6 is 35.0 Å². The molecular weight excluding hydrogens is 427 g/mol. The van der Waals surface area contributed by atoms with E-state index in [1.807, 2.05) is 11.5 Å². The van der Waals surface area contributed by atoms with Gasteiger partial charge >= 0.3 is 0 Å². The smallest absolute Gasteiger partial charge is 0.234 e. The van der Waals surface area contributed by atoms with Crippen molar-refractivity contribution in [1.82, 2.24) is 14.8 Å². The number of aromatic nitrogens is 3. The average Bonchev–Trinajstić information content (AvgIpc) is 3.12. The molecule has 1 aromatic heterocycles. The van der Waals surface area contributed by atoms with E-state index in [-0.39, 0.29) is 11.7 Å². The Morgan fingerprint density at radius 3 is 2.34 bits per heavy atom. The van der Waals surface area contributed by atoms with Gasteiger partial charge in [-0.25, -0.2) is 0 Å². The summed E-state index contributed by atoms with van der Waals surface area (Å²) in [6, 6.07) is 13.4. The quantitative estimate of drug-likeness (QED) is 0.441. The lowest BCUT2D eigenvalue weighted by Crippen LogP contribution is -2.15. The van der Waals surface area contributed by atoms with E-state index in [9.17, 15) is 4.79 Å². The molecule has 0 unspecified atom stereocenters. The topological polar surface area (TPSA) is 59.8 Å². The van der Waals surface area contributed by atoms with Gasteiger partial charge in [0.2, 0.25) is 5.91 Å². The van der Waals surface area contributed by atoms with Gasteiger partial charge in [0.1, 0.15) is 0 Å². The number of nitrogens with zero attached hydrogens (tertiary/aromatic N) is 3. The third kappa shape index (κ3) is 5.13. The Hall–Kier alpha value is -2.02. The Balaban J connectivity index is 1.71. The summed E-state index contributed by atoms with van der Waals surface area (Å²) in [5.74, 6) is 1.23. The van der Waals surface area contributed by atoms with Crippen molar-refractivity contribution >= 4 is 46.6 Å². The Kier molecular flexibility index (Phi) is 7.22. The fourth-order valence-corrected chi connectivity index (χ4v) is 4.13. The zero-order chi connectivity index (χ0) is 21.0. The summed E-state index contributed by atoms with van der Waals surface area (Å²) in [4.78, 5) is 12.4. The molecule has 0 atom stereocenters. The summed E-state index contributed by atoms with van der Waals surface area (Å²) in [7, 11) is 0. The Morgan fingerprint density at radius 1 is 1.10 bits per heavy atom. The summed E-state index contributed by atoms with van der Waals surface area (Å²) >= 11 is 13.5. The van der Waals surface area contributed by atoms with Gasteiger partial charge in [-0.1, -0.05) is 79.1 Å². The van der Waals surface area contributed by atoms with E-state index in [4.69, 9.17) is 23.2 Å². The number of benzene rings is 2. The largest absolute Gasteiger partial charge is 0.323 e. The SMILES string of the molecule is CCn1c(SCC(=O)Nc2c(Cl)cccc2Cl)nnc1-c1ccc(C(C)C)cc1. The van der Waals surface area contributed by atoms with Gasteiger partial charge in [0.25, 0.3) is 0 Å². The number of para-hydroxylation sites is 1. The van der Waals surface area contributed by atoms with E-state index in [1.54, 1.807) is 18.2 Å². The van der Waals surface area contributed by atoms with Crippen LogP contribution < -0.4 is 5.32 Å². The number of carbonyl (C=O) groups excluding carboxylic acids is 1. The molecule has 0 fully saturated rings. The molecule has 1 N–H and O–H groups in total. The third-order valence-electron chi connectivity index (χ3n) is 4.43. The maximum atomic E-state index is 12.4. The number of nitrogens with one attached hydrogen (secondary N) is 1. The maximum Gasteiger partial charge on any atom is 0.234 e. The van der Waals surface area contributed by atoms with Crippen molar-refractivity contribution in [3.05, 3.63) is 58.1 Å². The molecule has 0 aliphatic rings. The second kappa shape index (κ2) is 9.65. The van der Waals surface area contributed by atoms with Crippen molar-refractivity contribution in [2.75, 3.05) is 11.1 Å². The van der Waals surface area contributed by atoms with Gasteiger partial charge in [-0.2, -0.15) is 0 Å². The highest BCUT2D eigenvalue weighted by Gasteiger charge is 2.16. The molecule has 8 heteroatoms. The monoisotopic (exact) mass is 448 g/mol. The van der Waals surface area contributed by atoms with Gasteiger partial charge < -0.3 is 9.88 Å². The molecule has 3 aromatic rings. The van der Waals surface area contributed by atoms with Crippen LogP contribution in [0.15, 0.2) is 47.6 Å². The predicted octanol–water partition coefficient (Wildman–Crippen LogP) is 6.13. The van der Waals surface area contributed by atoms with Crippen molar-refractivity contribution in [2.45, 2.75) is 38.4 Å². The van der Waals surface area contributed by atoms with E-state index in [0.29, 0.717) is 33.4 Å². The van der Waals surface area contributed by atoms with Crippen LogP contribution in [0.3, 0.4) is 0 Å². The number of amides is 1. The summed E-state index contributed by atoms with van der Waals surface area (Å²) in [6.45, 7) is 7.07. The number of carbonyl (C=O) groups is 1. The Labute approximate surface area is 184 Å². The number of rotatable bonds is 7. The number of hydrogen-bond donors (Lipinski definition) is 1. The second-order valence-electron chi connectivity index (χ2n) is 6.76. The van der Waals surface area contributed by atoms with Crippen molar-refractivity contribution in [1.29, 1.82) is 0 Å². The van der Waals surface area contributed by atoms with E-state index in [2.05, 4.69) is 53.6 Å². The molecule has 0 saturated heterocycles. The van der Waals surface area contributed by atoms with Crippen LogP contribution in [0, 0.1) is 0 Å². The van der Waals surface area contributed by atoms with Gasteiger partial charge in [-0.3, -0.25) is 4.79 Å². The van der Waals surface area contributed by atoms with Crippen molar-refractivity contribution in [3.63, 3.8) is 0 Å². The van der Waals surface area contributed by atoms with Crippen LogP contribution in [0.25, 0.3) is 11.4 Å². The molecular formula is C21H22Cl2N4OS. The first kappa shape index (κ1) is 21.7. The molecule has 3 rings (SSSR count). The summed E-state index contributed by atoms with van der Waals surface area (Å²) in [6.07, 6.45) is 0. The fourth-order valence-electron chi connectivity index (χ4n) is 2.83. The molecule has 1 amide bonds. The number of hydrogen-bond acceptors (Lipinski definition) is 4. The minimum absolute atomic E-state index is 0.173. The second-order valence-corrected chi connectivity index (χ2v) is 8.52. The highest BCUT2D eigenvalue weighted by molar-refractivity contribution is 7.99. The van der Waals surface area contributed by atoms with Gasteiger partial charge in [-0.05, 0) is 30.5 Å². The highest BCUT2D eigenvalue weighted by Crippen LogP contribution is 2.30. The molecule has 5 nitrogen and oxygen atoms in total. The fraction of sp³-hybridized carbons (Fsp3) is 0.286. The molecule has 1 heterocycles. The first-order valence-electron chi connectivity index (χ1n) is 9.30. The van der Waals surface area contributed by atoms with Crippen LogP contribution in [-0.2, 0) is 11.3 Å². The molecule has 0 aliphatic heterocycles. The minimum Gasteiger partial charge on any atom is -0.323 e. The normalized spacial score (nSPS) is 11.1. The molecule has 0 saturated carbocycles. The molecule has 29 heavy (non-hydrogen) atoms. The van der Waals surface area contributed by atoms with Crippen molar-refractivity contribution in [3.8, 4) is 11.4 Å². The zero-order valence-electron chi connectivity index (χ0n) is 16.4. The lowest BCUT2D eigenvalue weighted by molar-refractivity contribution is -0.113. The number of anilines is 1. The van der Waals surface area contributed by atoms with E-state index < -0.39 is 0 Å². The summed E-state index contributed by atoms with van der Waals surface area (Å²) in [5, 5.41) is 12.9. The van der Waals surface area contributed by atoms with Crippen LogP contribution in [0.5, 0.6) is 0 Å². The summed E-state index contributed by atoms with van der Waals surface area (Å²) < 4.78 is 2.00. The predicted molar refractivity (Wildman–Crippen MR) is 121 cm³/mol. The zero-order valence-corrected chi connectivity index (χ0v) is 18.8. The van der Waals surface area contributed by atoms with Crippen molar-refractivity contribution in [2.24, 2.45) is 0 Å². The van der Waals surface area contributed by atoms with Gasteiger partial charge in [-0.15, -0.1) is 10.2 Å². The van der Waals surface area contributed by atoms with E-state index in [1.165, 1.54) is 17.3 Å². The van der Waals surface area contributed by atoms with Gasteiger partial charge in [0, 0.05) is 12.1 Å². The molecule has 0 spiro atoms. The van der Waals surface area contributed by atoms with Crippen LogP contribution in [0.4, 0.5) is 5.69 Å². The maximum absolute atomic E-state index is 12.4. The van der Waals surface area contributed by atoms with E-state index in [0.717, 1.165) is 11.4 Å². The molecule has 152 valence electrons. The molecule has 0 radical (unpaired) electrons. The average molecular weight is 449 g/mol. The van der Waals surface area contributed by atoms with Gasteiger partial charge in [0.05, 0.1) is 21.5 Å². The third-order valence-corrected chi connectivity index (χ3v) is 6.02. The highest BCUT2D eigenvalue weighted by atomic mass is 35.5. The molecule has 2 aromatic carbocycles. The number of halogens is 2. The molecule has 0 bridgehead atoms. The lowest BCUT2D eigenvalue weighted by Gasteiger charge is -2.10. The lowest BCUT2D eigenvalue weighted by atomic mass is 10.0. The van der Waals surface area contributed by atoms with Crippen LogP contribution in [0.2, 0.25) is 10.0 Å². The Morgan fingerprint density at radius 2 is 1.76 bits per heavy atom. The first-order chi connectivity index (χ1) is 13.9. The van der Waals surface area contributed by atoms with Crippen LogP contribution in [-0.4, -0.2) is 26.4 Å². The number of thioether (sulfide) groups is 1. The van der Waals surface area contributed by atoms with Gasteiger partial charge in [0.15, 0.2) is 11.0 Å². The van der Waals surface area contributed by atoms with Crippen molar-refractivity contribution < 1.29 is 4.79 Å². The molecule has 0 aliphatic carbocycles.